The summed E-state index contributed by atoms with van der Waals surface area (Å²) in [6.45, 7) is 4.09. The number of benzene rings is 1. The summed E-state index contributed by atoms with van der Waals surface area (Å²) in [5.74, 6) is -1.96. The van der Waals surface area contributed by atoms with Crippen LogP contribution < -0.4 is 16.0 Å². The zero-order valence-corrected chi connectivity index (χ0v) is 22.2. The minimum atomic E-state index is -1.86. The Bertz CT molecular complexity index is 1610. The molecule has 202 valence electrons. The molecule has 13 heteroatoms. The van der Waals surface area contributed by atoms with Crippen LogP contribution in [0.15, 0.2) is 40.2 Å². The van der Waals surface area contributed by atoms with Crippen LogP contribution >= 0.6 is 11.3 Å². The highest BCUT2D eigenvalue weighted by Crippen LogP contribution is 2.35. The third-order valence-electron chi connectivity index (χ3n) is 6.62. The molecule has 11 nitrogen and oxygen atoms in total. The van der Waals surface area contributed by atoms with Crippen molar-refractivity contribution in [3.05, 3.63) is 68.4 Å². The van der Waals surface area contributed by atoms with Crippen LogP contribution in [0.5, 0.6) is 5.75 Å². The maximum atomic E-state index is 14.3. The Hall–Kier alpha value is -3.84. The molecule has 38 heavy (non-hydrogen) atoms. The van der Waals surface area contributed by atoms with Crippen molar-refractivity contribution in [1.82, 2.24) is 24.1 Å². The highest BCUT2D eigenvalue weighted by molar-refractivity contribution is 7.21. The minimum absolute atomic E-state index is 0.0307. The second kappa shape index (κ2) is 10.5. The fourth-order valence-corrected chi connectivity index (χ4v) is 5.74. The van der Waals surface area contributed by atoms with Crippen LogP contribution in [-0.4, -0.2) is 54.0 Å². The molecule has 4 aromatic rings. The molecule has 0 radical (unpaired) electrons. The summed E-state index contributed by atoms with van der Waals surface area (Å²) < 4.78 is 21.8. The molecule has 0 bridgehead atoms. The molecule has 1 aromatic carbocycles. The quantitative estimate of drug-likeness (QED) is 0.310. The zero-order chi connectivity index (χ0) is 27.8. The van der Waals surface area contributed by atoms with E-state index in [-0.39, 0.29) is 18.5 Å². The van der Waals surface area contributed by atoms with Crippen molar-refractivity contribution in [3.8, 4) is 10.8 Å². The Balaban J connectivity index is 2.05. The lowest BCUT2D eigenvalue weighted by Gasteiger charge is -2.25. The first-order valence-electron chi connectivity index (χ1n) is 11.9. The van der Waals surface area contributed by atoms with Gasteiger partial charge in [0.1, 0.15) is 26.9 Å². The van der Waals surface area contributed by atoms with Crippen molar-refractivity contribution >= 4 is 27.5 Å². The molecular formula is C25H28FN5O6S. The van der Waals surface area contributed by atoms with Gasteiger partial charge in [-0.25, -0.2) is 18.5 Å². The first kappa shape index (κ1) is 27.2. The van der Waals surface area contributed by atoms with Crippen LogP contribution in [0.4, 0.5) is 4.39 Å². The summed E-state index contributed by atoms with van der Waals surface area (Å²) in [6, 6.07) is 4.07. The van der Waals surface area contributed by atoms with Crippen LogP contribution in [0.2, 0.25) is 0 Å². The van der Waals surface area contributed by atoms with Crippen molar-refractivity contribution < 1.29 is 24.1 Å². The van der Waals surface area contributed by atoms with E-state index in [1.54, 1.807) is 6.92 Å². The van der Waals surface area contributed by atoms with Gasteiger partial charge >= 0.3 is 11.7 Å². The van der Waals surface area contributed by atoms with Crippen LogP contribution in [-0.2, 0) is 16.9 Å². The van der Waals surface area contributed by atoms with Crippen molar-refractivity contribution in [2.75, 3.05) is 13.7 Å². The molecule has 0 aliphatic carbocycles. The molecule has 4 rings (SSSR count). The lowest BCUT2D eigenvalue weighted by Crippen LogP contribution is -2.52. The third-order valence-corrected chi connectivity index (χ3v) is 7.90. The summed E-state index contributed by atoms with van der Waals surface area (Å²) >= 11 is 1.12. The van der Waals surface area contributed by atoms with Gasteiger partial charge in [-0.3, -0.25) is 9.36 Å². The van der Waals surface area contributed by atoms with E-state index in [9.17, 15) is 29.0 Å². The molecule has 2 N–H and O–H groups in total. The van der Waals surface area contributed by atoms with E-state index in [0.29, 0.717) is 39.5 Å². The minimum Gasteiger partial charge on any atom is -0.496 e. The Kier molecular flexibility index (Phi) is 7.51. The summed E-state index contributed by atoms with van der Waals surface area (Å²) in [4.78, 5) is 41.4. The number of aliphatic hydroxyl groups is 1. The lowest BCUT2D eigenvalue weighted by atomic mass is 9.93. The number of rotatable bonds is 10. The number of aliphatic hydroxyl groups excluding tert-OH is 1. The van der Waals surface area contributed by atoms with Crippen molar-refractivity contribution in [1.29, 1.82) is 0 Å². The van der Waals surface area contributed by atoms with Gasteiger partial charge in [-0.15, -0.1) is 4.80 Å². The molecule has 0 unspecified atom stereocenters. The number of carboxylic acids is 1. The first-order chi connectivity index (χ1) is 18.0. The van der Waals surface area contributed by atoms with Crippen molar-refractivity contribution in [2.45, 2.75) is 51.6 Å². The summed E-state index contributed by atoms with van der Waals surface area (Å²) in [5, 5.41) is 28.4. The molecule has 3 aromatic heterocycles. The second-order valence-electron chi connectivity index (χ2n) is 9.38. The van der Waals surface area contributed by atoms with Crippen molar-refractivity contribution in [3.63, 3.8) is 0 Å². The van der Waals surface area contributed by atoms with Gasteiger partial charge in [-0.1, -0.05) is 11.3 Å². The van der Waals surface area contributed by atoms with Gasteiger partial charge in [0.05, 0.1) is 24.9 Å². The molecule has 0 amide bonds. The van der Waals surface area contributed by atoms with Gasteiger partial charge in [0.2, 0.25) is 0 Å². The van der Waals surface area contributed by atoms with Gasteiger partial charge in [-0.05, 0) is 51.8 Å². The highest BCUT2D eigenvalue weighted by atomic mass is 32.1. The molecule has 1 atom stereocenters. The Morgan fingerprint density at radius 1 is 1.24 bits per heavy atom. The molecule has 0 aliphatic rings. The number of aliphatic carboxylic acids is 1. The summed E-state index contributed by atoms with van der Waals surface area (Å²) in [6.07, 6.45) is 3.67. The zero-order valence-electron chi connectivity index (χ0n) is 21.3. The lowest BCUT2D eigenvalue weighted by molar-refractivity contribution is -0.146. The van der Waals surface area contributed by atoms with Crippen LogP contribution in [0.3, 0.4) is 0 Å². The number of aryl methyl sites for hydroxylation is 1. The third kappa shape index (κ3) is 4.63. The number of hydrogen-bond acceptors (Lipinski definition) is 8. The number of carbonyl (C=O) groups is 1. The average Bonchev–Trinajstić information content (AvgIpc) is 3.51. The Morgan fingerprint density at radius 3 is 2.53 bits per heavy atom. The molecule has 0 saturated heterocycles. The standard InChI is InChI=1S/C25H28FN5O6S/c1-14-19-20(33)30(25(2,3)23(34)35)24(36)29(22(19)38-21(14)31-27-9-10-28-31)13-15(6-5-11-32)17-12-16(26)7-8-18(17)37-4/h7-10,12,15,32H,5-6,11,13H2,1-4H3,(H,34,35)/t15-/m0/s1. The maximum Gasteiger partial charge on any atom is 0.333 e. The molecule has 0 fully saturated rings. The number of methoxy groups -OCH3 is 1. The Morgan fingerprint density at radius 2 is 1.92 bits per heavy atom. The number of ether oxygens (including phenoxy) is 1. The van der Waals surface area contributed by atoms with E-state index in [1.807, 2.05) is 0 Å². The highest BCUT2D eigenvalue weighted by Gasteiger charge is 2.36. The predicted molar refractivity (Wildman–Crippen MR) is 139 cm³/mol. The van der Waals surface area contributed by atoms with E-state index >= 15 is 0 Å². The SMILES string of the molecule is COc1ccc(F)cc1[C@@H](CCCO)Cn1c(=O)n(C(C)(C)C(=O)O)c(=O)c2c(C)c(-n3nccn3)sc21. The average molecular weight is 546 g/mol. The van der Waals surface area contributed by atoms with E-state index in [2.05, 4.69) is 10.2 Å². The number of aromatic nitrogens is 5. The largest absolute Gasteiger partial charge is 0.496 e. The van der Waals surface area contributed by atoms with E-state index in [1.165, 1.54) is 60.9 Å². The van der Waals surface area contributed by atoms with Crippen LogP contribution in [0.1, 0.15) is 43.7 Å². The molecule has 0 spiro atoms. The monoisotopic (exact) mass is 545 g/mol. The second-order valence-corrected chi connectivity index (χ2v) is 10.4. The van der Waals surface area contributed by atoms with E-state index in [4.69, 9.17) is 4.74 Å². The van der Waals surface area contributed by atoms with Gasteiger partial charge in [0.25, 0.3) is 5.56 Å². The van der Waals surface area contributed by atoms with E-state index in [0.717, 1.165) is 15.9 Å². The number of thiophene rings is 1. The molecule has 0 saturated carbocycles. The molecular weight excluding hydrogens is 517 g/mol. The summed E-state index contributed by atoms with van der Waals surface area (Å²) in [5.41, 5.74) is -2.44. The molecule has 3 heterocycles. The first-order valence-corrected chi connectivity index (χ1v) is 12.7. The fourth-order valence-electron chi connectivity index (χ4n) is 4.52. The number of fused-ring (bicyclic) bond motifs is 1. The van der Waals surface area contributed by atoms with Gasteiger partial charge in [0, 0.05) is 30.2 Å². The Labute approximate surface area is 220 Å². The topological polar surface area (TPSA) is 141 Å². The van der Waals surface area contributed by atoms with E-state index < -0.39 is 34.5 Å². The normalized spacial score (nSPS) is 12.7. The molecule has 0 aliphatic heterocycles. The maximum absolute atomic E-state index is 14.3. The van der Waals surface area contributed by atoms with Gasteiger partial charge in [-0.2, -0.15) is 10.2 Å². The number of nitrogens with zero attached hydrogens (tertiary/aromatic N) is 5. The smallest absolute Gasteiger partial charge is 0.333 e. The van der Waals surface area contributed by atoms with Gasteiger partial charge < -0.3 is 14.9 Å². The number of halogens is 1. The van der Waals surface area contributed by atoms with Gasteiger partial charge in [0.15, 0.2) is 0 Å². The predicted octanol–water partition coefficient (Wildman–Crippen LogP) is 2.64. The fraction of sp³-hybridized carbons (Fsp3) is 0.400. The number of hydrogen-bond donors (Lipinski definition) is 2. The van der Waals surface area contributed by atoms with Crippen LogP contribution in [0.25, 0.3) is 15.2 Å². The summed E-state index contributed by atoms with van der Waals surface area (Å²) in [7, 11) is 1.45. The van der Waals surface area contributed by atoms with Crippen LogP contribution in [0, 0.1) is 12.7 Å². The number of carboxylic acid groups (broad SMARTS) is 1. The van der Waals surface area contributed by atoms with Crippen molar-refractivity contribution in [2.24, 2.45) is 0 Å².